The van der Waals surface area contributed by atoms with Crippen LogP contribution in [0.1, 0.15) is 0 Å². The number of aromatic nitrogens is 2. The number of anilines is 1. The topological polar surface area (TPSA) is 51.8 Å². The van der Waals surface area contributed by atoms with Gasteiger partial charge in [-0.15, -0.1) is 21.5 Å². The average Bonchev–Trinajstić information content (AvgIpc) is 2.58. The minimum Gasteiger partial charge on any atom is -0.374 e. The van der Waals surface area contributed by atoms with E-state index in [0.29, 0.717) is 5.13 Å². The Morgan fingerprint density at radius 2 is 2.25 bits per heavy atom. The minimum atomic E-state index is 0.522. The van der Waals surface area contributed by atoms with E-state index in [1.54, 1.807) is 11.3 Å². The van der Waals surface area contributed by atoms with Crippen LogP contribution >= 0.6 is 45.3 Å². The minimum absolute atomic E-state index is 0.522. The molecule has 3 nitrogen and oxygen atoms in total. The van der Waals surface area contributed by atoms with Crippen LogP contribution in [0.2, 0.25) is 0 Å². The van der Waals surface area contributed by atoms with Gasteiger partial charge in [-0.2, -0.15) is 0 Å². The molecule has 2 aromatic rings. The molecule has 2 aromatic heterocycles. The van der Waals surface area contributed by atoms with E-state index < -0.39 is 0 Å². The van der Waals surface area contributed by atoms with Gasteiger partial charge >= 0.3 is 0 Å². The molecular formula is C6H4IN3S2. The molecule has 0 aliphatic carbocycles. The van der Waals surface area contributed by atoms with Gasteiger partial charge in [-0.3, -0.25) is 0 Å². The van der Waals surface area contributed by atoms with E-state index >= 15 is 0 Å². The summed E-state index contributed by atoms with van der Waals surface area (Å²) in [5, 5.41) is 11.2. The van der Waals surface area contributed by atoms with E-state index in [1.807, 2.05) is 5.38 Å². The van der Waals surface area contributed by atoms with Gasteiger partial charge in [-0.05, 0) is 34.0 Å². The van der Waals surface area contributed by atoms with Crippen molar-refractivity contribution in [3.8, 4) is 9.88 Å². The second-order valence-electron chi connectivity index (χ2n) is 2.04. The summed E-state index contributed by atoms with van der Waals surface area (Å²) in [5.41, 5.74) is 5.48. The molecule has 0 aliphatic heterocycles. The van der Waals surface area contributed by atoms with Crippen LogP contribution in [-0.4, -0.2) is 10.2 Å². The number of nitrogen functional groups attached to an aromatic ring is 1. The molecule has 2 heterocycles. The summed E-state index contributed by atoms with van der Waals surface area (Å²) in [5.74, 6) is 0. The van der Waals surface area contributed by atoms with E-state index in [0.717, 1.165) is 9.88 Å². The SMILES string of the molecule is Nc1nnc(-c2sccc2I)s1. The van der Waals surface area contributed by atoms with E-state index in [-0.39, 0.29) is 0 Å². The van der Waals surface area contributed by atoms with Crippen molar-refractivity contribution in [2.75, 3.05) is 5.73 Å². The van der Waals surface area contributed by atoms with Crippen molar-refractivity contribution in [2.45, 2.75) is 0 Å². The molecule has 0 bridgehead atoms. The quantitative estimate of drug-likeness (QED) is 0.823. The first-order chi connectivity index (χ1) is 5.77. The second-order valence-corrected chi connectivity index (χ2v) is 5.13. The zero-order chi connectivity index (χ0) is 8.55. The third-order valence-corrected chi connectivity index (χ3v) is 4.34. The maximum absolute atomic E-state index is 5.48. The number of rotatable bonds is 1. The molecule has 0 fully saturated rings. The van der Waals surface area contributed by atoms with E-state index in [9.17, 15) is 0 Å². The van der Waals surface area contributed by atoms with Gasteiger partial charge in [0.1, 0.15) is 0 Å². The second kappa shape index (κ2) is 3.27. The lowest BCUT2D eigenvalue weighted by Gasteiger charge is -1.87. The standard InChI is InChI=1S/C6H4IN3S2/c7-3-1-2-11-4(3)5-9-10-6(8)12-5/h1-2H,(H2,8,10). The number of hydrogen-bond donors (Lipinski definition) is 1. The van der Waals surface area contributed by atoms with Gasteiger partial charge in [0.15, 0.2) is 5.01 Å². The lowest BCUT2D eigenvalue weighted by molar-refractivity contribution is 1.10. The number of hydrogen-bond acceptors (Lipinski definition) is 5. The predicted molar refractivity (Wildman–Crippen MR) is 60.4 cm³/mol. The zero-order valence-electron chi connectivity index (χ0n) is 5.82. The fourth-order valence-electron chi connectivity index (χ4n) is 0.773. The Morgan fingerprint density at radius 1 is 1.42 bits per heavy atom. The largest absolute Gasteiger partial charge is 0.374 e. The first kappa shape index (κ1) is 8.39. The molecule has 0 saturated carbocycles. The summed E-state index contributed by atoms with van der Waals surface area (Å²) >= 11 is 5.36. The maximum atomic E-state index is 5.48. The Labute approximate surface area is 90.8 Å². The Morgan fingerprint density at radius 3 is 2.75 bits per heavy atom. The summed E-state index contributed by atoms with van der Waals surface area (Å²) in [6.45, 7) is 0. The predicted octanol–water partition coefficient (Wildman–Crippen LogP) is 2.45. The molecule has 6 heteroatoms. The third kappa shape index (κ3) is 1.46. The van der Waals surface area contributed by atoms with Crippen LogP contribution in [0.5, 0.6) is 0 Å². The molecule has 0 aromatic carbocycles. The molecule has 2 N–H and O–H groups in total. The average molecular weight is 309 g/mol. The normalized spacial score (nSPS) is 10.4. The Bertz CT molecular complexity index is 395. The Balaban J connectivity index is 2.50. The number of thiophene rings is 1. The molecule has 0 atom stereocenters. The first-order valence-corrected chi connectivity index (χ1v) is 5.87. The summed E-state index contributed by atoms with van der Waals surface area (Å²) in [6, 6.07) is 2.05. The number of nitrogens with zero attached hydrogens (tertiary/aromatic N) is 2. The third-order valence-electron chi connectivity index (χ3n) is 1.25. The summed E-state index contributed by atoms with van der Waals surface area (Å²) < 4.78 is 1.20. The fourth-order valence-corrected chi connectivity index (χ4v) is 3.51. The maximum Gasteiger partial charge on any atom is 0.203 e. The summed E-state index contributed by atoms with van der Waals surface area (Å²) in [6.07, 6.45) is 0. The fraction of sp³-hybridized carbons (Fsp3) is 0. The van der Waals surface area contributed by atoms with Gasteiger partial charge in [0.05, 0.1) is 4.88 Å². The van der Waals surface area contributed by atoms with Gasteiger partial charge < -0.3 is 5.73 Å². The molecule has 62 valence electrons. The number of nitrogens with two attached hydrogens (primary N) is 1. The molecule has 0 spiro atoms. The highest BCUT2D eigenvalue weighted by atomic mass is 127. The van der Waals surface area contributed by atoms with Crippen molar-refractivity contribution >= 4 is 50.4 Å². The van der Waals surface area contributed by atoms with Gasteiger partial charge in [0.25, 0.3) is 0 Å². The summed E-state index contributed by atoms with van der Waals surface area (Å²) in [7, 11) is 0. The molecule has 2 rings (SSSR count). The lowest BCUT2D eigenvalue weighted by atomic mass is 10.5. The molecule has 0 aliphatic rings. The van der Waals surface area contributed by atoms with E-state index in [4.69, 9.17) is 5.73 Å². The smallest absolute Gasteiger partial charge is 0.203 e. The van der Waals surface area contributed by atoms with E-state index in [2.05, 4.69) is 38.9 Å². The molecule has 0 amide bonds. The van der Waals surface area contributed by atoms with Gasteiger partial charge in [-0.1, -0.05) is 11.3 Å². The molecule has 0 saturated heterocycles. The van der Waals surface area contributed by atoms with Crippen molar-refractivity contribution in [3.05, 3.63) is 15.0 Å². The van der Waals surface area contributed by atoms with E-state index in [1.165, 1.54) is 14.9 Å². The van der Waals surface area contributed by atoms with Crippen molar-refractivity contribution in [1.82, 2.24) is 10.2 Å². The zero-order valence-corrected chi connectivity index (χ0v) is 9.61. The molecular weight excluding hydrogens is 305 g/mol. The molecule has 0 unspecified atom stereocenters. The van der Waals surface area contributed by atoms with Crippen LogP contribution in [0, 0.1) is 3.57 Å². The lowest BCUT2D eigenvalue weighted by Crippen LogP contribution is -1.79. The Hall–Kier alpha value is -0.210. The van der Waals surface area contributed by atoms with Crippen LogP contribution in [0.15, 0.2) is 11.4 Å². The van der Waals surface area contributed by atoms with Gasteiger partial charge in [0, 0.05) is 3.57 Å². The highest BCUT2D eigenvalue weighted by Crippen LogP contribution is 2.32. The monoisotopic (exact) mass is 309 g/mol. The van der Waals surface area contributed by atoms with Crippen molar-refractivity contribution in [1.29, 1.82) is 0 Å². The van der Waals surface area contributed by atoms with Crippen LogP contribution in [0.4, 0.5) is 5.13 Å². The van der Waals surface area contributed by atoms with Crippen molar-refractivity contribution in [2.24, 2.45) is 0 Å². The highest BCUT2D eigenvalue weighted by molar-refractivity contribution is 14.1. The Kier molecular flexibility index (Phi) is 2.28. The van der Waals surface area contributed by atoms with Crippen LogP contribution in [0.25, 0.3) is 9.88 Å². The highest BCUT2D eigenvalue weighted by Gasteiger charge is 2.08. The molecule has 0 radical (unpaired) electrons. The molecule has 12 heavy (non-hydrogen) atoms. The number of halogens is 1. The summed E-state index contributed by atoms with van der Waals surface area (Å²) in [4.78, 5) is 1.16. The van der Waals surface area contributed by atoms with Crippen LogP contribution in [-0.2, 0) is 0 Å². The first-order valence-electron chi connectivity index (χ1n) is 3.09. The van der Waals surface area contributed by atoms with Gasteiger partial charge in [-0.25, -0.2) is 0 Å². The van der Waals surface area contributed by atoms with Crippen molar-refractivity contribution in [3.63, 3.8) is 0 Å². The van der Waals surface area contributed by atoms with Gasteiger partial charge in [0.2, 0.25) is 5.13 Å². The van der Waals surface area contributed by atoms with Crippen molar-refractivity contribution < 1.29 is 0 Å². The van der Waals surface area contributed by atoms with Crippen LogP contribution in [0.3, 0.4) is 0 Å². The van der Waals surface area contributed by atoms with Crippen LogP contribution < -0.4 is 5.73 Å².